The summed E-state index contributed by atoms with van der Waals surface area (Å²) in [5.74, 6) is 0.0883. The molecule has 3 rings (SSSR count). The Morgan fingerprint density at radius 2 is 1.04 bits per heavy atom. The molecular weight excluding hydrogens is 324 g/mol. The van der Waals surface area contributed by atoms with Gasteiger partial charge in [-0.1, -0.05) is 59.9 Å². The van der Waals surface area contributed by atoms with E-state index in [0.29, 0.717) is 12.8 Å². The number of Topliss-reactive ketones (excluding diaryl/α,β-unsaturated/α-hetero) is 2. The van der Waals surface area contributed by atoms with Gasteiger partial charge in [0.1, 0.15) is 0 Å². The van der Waals surface area contributed by atoms with Crippen LogP contribution in [0.4, 0.5) is 0 Å². The quantitative estimate of drug-likeness (QED) is 0.446. The smallest absolute Gasteiger partial charge is 0.187 e. The predicted molar refractivity (Wildman–Crippen MR) is 95.8 cm³/mol. The van der Waals surface area contributed by atoms with E-state index in [1.54, 1.807) is 0 Å². The summed E-state index contributed by atoms with van der Waals surface area (Å²) in [6.07, 6.45) is 2.56. The molecule has 2 aromatic rings. The normalized spacial score (nSPS) is 17.7. The topological polar surface area (TPSA) is 34.1 Å². The number of benzene rings is 2. The van der Waals surface area contributed by atoms with Crippen molar-refractivity contribution >= 4 is 35.1 Å². The maximum atomic E-state index is 12.9. The highest BCUT2D eigenvalue weighted by Gasteiger charge is 2.47. The number of rotatable bonds is 4. The number of hydrogen-bond donors (Lipinski definition) is 0. The van der Waals surface area contributed by atoms with Gasteiger partial charge in [0.15, 0.2) is 15.6 Å². The molecule has 0 aliphatic heterocycles. The molecule has 0 N–H and O–H groups in total. The van der Waals surface area contributed by atoms with Crippen molar-refractivity contribution in [2.45, 2.75) is 39.6 Å². The van der Waals surface area contributed by atoms with Gasteiger partial charge in [0.2, 0.25) is 0 Å². The van der Waals surface area contributed by atoms with Gasteiger partial charge in [-0.2, -0.15) is 0 Å². The van der Waals surface area contributed by atoms with E-state index in [4.69, 9.17) is 0 Å². The van der Waals surface area contributed by atoms with Crippen molar-refractivity contribution in [1.29, 1.82) is 0 Å². The Morgan fingerprint density at radius 3 is 1.43 bits per heavy atom. The zero-order valence-corrected chi connectivity index (χ0v) is 14.4. The summed E-state index contributed by atoms with van der Waals surface area (Å²) in [5.41, 5.74) is 0. The zero-order valence-electron chi connectivity index (χ0n) is 12.7. The SMILES string of the molecule is O=C1CCCCC(=O)C1(Sc1ccccc1)Sc1ccccc1. The Balaban J connectivity index is 2.00. The molecule has 2 aromatic carbocycles. The fraction of sp³-hybridized carbons (Fsp3) is 0.263. The Kier molecular flexibility index (Phi) is 5.23. The van der Waals surface area contributed by atoms with Crippen LogP contribution in [0.25, 0.3) is 0 Å². The first-order valence-corrected chi connectivity index (χ1v) is 9.39. The van der Waals surface area contributed by atoms with E-state index in [1.807, 2.05) is 60.7 Å². The third kappa shape index (κ3) is 3.70. The fourth-order valence-electron chi connectivity index (χ4n) is 2.61. The number of carbonyl (C=O) groups is 2. The molecule has 0 amide bonds. The fourth-order valence-corrected chi connectivity index (χ4v) is 5.47. The molecule has 0 radical (unpaired) electrons. The molecule has 0 spiro atoms. The van der Waals surface area contributed by atoms with Crippen LogP contribution in [0, 0.1) is 0 Å². The van der Waals surface area contributed by atoms with Gasteiger partial charge in [0.05, 0.1) is 0 Å². The average molecular weight is 342 g/mol. The van der Waals surface area contributed by atoms with Crippen molar-refractivity contribution in [2.24, 2.45) is 0 Å². The predicted octanol–water partition coefficient (Wildman–Crippen LogP) is 4.98. The third-order valence-corrected chi connectivity index (χ3v) is 6.80. The van der Waals surface area contributed by atoms with E-state index in [2.05, 4.69) is 0 Å². The lowest BCUT2D eigenvalue weighted by Gasteiger charge is -2.28. The first-order valence-electron chi connectivity index (χ1n) is 7.75. The van der Waals surface area contributed by atoms with Crippen LogP contribution in [-0.4, -0.2) is 15.6 Å². The Hall–Kier alpha value is -1.52. The molecular formula is C19H18O2S2. The first-order chi connectivity index (χ1) is 11.2. The molecule has 23 heavy (non-hydrogen) atoms. The van der Waals surface area contributed by atoms with Crippen molar-refractivity contribution in [3.63, 3.8) is 0 Å². The molecule has 0 heterocycles. The minimum Gasteiger partial charge on any atom is -0.297 e. The summed E-state index contributed by atoms with van der Waals surface area (Å²) in [6.45, 7) is 0. The summed E-state index contributed by atoms with van der Waals surface area (Å²) in [4.78, 5) is 27.7. The summed E-state index contributed by atoms with van der Waals surface area (Å²) < 4.78 is -1.06. The standard InChI is InChI=1S/C19H18O2S2/c20-17-13-7-8-14-18(21)19(17,22-15-9-3-1-4-10-15)23-16-11-5-2-6-12-16/h1-6,9-12H,7-8,13-14H2. The van der Waals surface area contributed by atoms with Gasteiger partial charge in [-0.15, -0.1) is 0 Å². The minimum atomic E-state index is -1.06. The van der Waals surface area contributed by atoms with Crippen LogP contribution in [0.15, 0.2) is 70.5 Å². The third-order valence-electron chi connectivity index (χ3n) is 3.80. The van der Waals surface area contributed by atoms with Gasteiger partial charge in [-0.05, 0) is 37.1 Å². The van der Waals surface area contributed by atoms with Crippen LogP contribution in [0.1, 0.15) is 25.7 Å². The molecule has 118 valence electrons. The molecule has 1 aliphatic carbocycles. The first kappa shape index (κ1) is 16.3. The number of thioether (sulfide) groups is 2. The lowest BCUT2D eigenvalue weighted by Crippen LogP contribution is -2.38. The van der Waals surface area contributed by atoms with Crippen LogP contribution >= 0.6 is 23.5 Å². The molecule has 0 aromatic heterocycles. The monoisotopic (exact) mass is 342 g/mol. The Labute approximate surface area is 145 Å². The summed E-state index contributed by atoms with van der Waals surface area (Å²) in [5, 5.41) is 0. The highest BCUT2D eigenvalue weighted by Crippen LogP contribution is 2.49. The van der Waals surface area contributed by atoms with Gasteiger partial charge in [-0.3, -0.25) is 9.59 Å². The van der Waals surface area contributed by atoms with Crippen LogP contribution in [-0.2, 0) is 9.59 Å². The molecule has 2 nitrogen and oxygen atoms in total. The minimum absolute atomic E-state index is 0.0442. The molecule has 1 saturated carbocycles. The van der Waals surface area contributed by atoms with Crippen LogP contribution < -0.4 is 0 Å². The van der Waals surface area contributed by atoms with Crippen molar-refractivity contribution in [1.82, 2.24) is 0 Å². The second kappa shape index (κ2) is 7.37. The summed E-state index contributed by atoms with van der Waals surface area (Å²) in [7, 11) is 0. The lowest BCUT2D eigenvalue weighted by atomic mass is 10.1. The maximum Gasteiger partial charge on any atom is 0.187 e. The highest BCUT2D eigenvalue weighted by molar-refractivity contribution is 8.20. The van der Waals surface area contributed by atoms with Gasteiger partial charge in [-0.25, -0.2) is 0 Å². The molecule has 0 atom stereocenters. The molecule has 0 saturated heterocycles. The second-order valence-corrected chi connectivity index (χ2v) is 8.33. The van der Waals surface area contributed by atoms with E-state index in [0.717, 1.165) is 22.6 Å². The largest absolute Gasteiger partial charge is 0.297 e. The molecule has 1 aliphatic rings. The van der Waals surface area contributed by atoms with E-state index < -0.39 is 4.08 Å². The van der Waals surface area contributed by atoms with Gasteiger partial charge >= 0.3 is 0 Å². The Morgan fingerprint density at radius 1 is 0.652 bits per heavy atom. The molecule has 0 unspecified atom stereocenters. The van der Waals surface area contributed by atoms with E-state index >= 15 is 0 Å². The van der Waals surface area contributed by atoms with E-state index in [-0.39, 0.29) is 11.6 Å². The van der Waals surface area contributed by atoms with E-state index in [1.165, 1.54) is 23.5 Å². The number of carbonyl (C=O) groups excluding carboxylic acids is 2. The van der Waals surface area contributed by atoms with Gasteiger partial charge in [0, 0.05) is 22.6 Å². The van der Waals surface area contributed by atoms with E-state index in [9.17, 15) is 9.59 Å². The lowest BCUT2D eigenvalue weighted by molar-refractivity contribution is -0.126. The molecule has 0 bridgehead atoms. The summed E-state index contributed by atoms with van der Waals surface area (Å²) in [6, 6.07) is 19.5. The molecule has 1 fully saturated rings. The number of hydrogen-bond acceptors (Lipinski definition) is 4. The molecule has 4 heteroatoms. The number of ketones is 2. The van der Waals surface area contributed by atoms with Crippen molar-refractivity contribution in [2.75, 3.05) is 0 Å². The Bertz CT molecular complexity index is 622. The van der Waals surface area contributed by atoms with Crippen LogP contribution in [0.3, 0.4) is 0 Å². The second-order valence-electron chi connectivity index (χ2n) is 5.50. The van der Waals surface area contributed by atoms with Crippen molar-refractivity contribution in [3.05, 3.63) is 60.7 Å². The van der Waals surface area contributed by atoms with Crippen LogP contribution in [0.2, 0.25) is 0 Å². The van der Waals surface area contributed by atoms with Crippen molar-refractivity contribution in [3.8, 4) is 0 Å². The highest BCUT2D eigenvalue weighted by atomic mass is 32.2. The average Bonchev–Trinajstić information content (AvgIpc) is 2.71. The summed E-state index contributed by atoms with van der Waals surface area (Å²) >= 11 is 2.80. The van der Waals surface area contributed by atoms with Gasteiger partial charge in [0.25, 0.3) is 0 Å². The van der Waals surface area contributed by atoms with Gasteiger partial charge < -0.3 is 0 Å². The maximum absolute atomic E-state index is 12.9. The van der Waals surface area contributed by atoms with Crippen molar-refractivity contribution < 1.29 is 9.59 Å². The zero-order chi connectivity index (χ0) is 16.1. The van der Waals surface area contributed by atoms with Crippen LogP contribution in [0.5, 0.6) is 0 Å².